The number of carbonyl (C=O) groups excluding carboxylic acids is 1. The number of ketones is 1. The number of alkyl halides is 3. The van der Waals surface area contributed by atoms with Crippen LogP contribution in [0.3, 0.4) is 0 Å². The van der Waals surface area contributed by atoms with E-state index in [1.54, 1.807) is 35.0 Å². The van der Waals surface area contributed by atoms with E-state index >= 15 is 0 Å². The Morgan fingerprint density at radius 1 is 0.935 bits per heavy atom. The molecule has 0 bridgehead atoms. The highest BCUT2D eigenvalue weighted by Gasteiger charge is 2.31. The fourth-order valence-corrected chi connectivity index (χ4v) is 3.74. The summed E-state index contributed by atoms with van der Waals surface area (Å²) in [5, 5.41) is 10.3. The van der Waals surface area contributed by atoms with Gasteiger partial charge in [-0.05, 0) is 23.8 Å². The van der Waals surface area contributed by atoms with Gasteiger partial charge in [0.25, 0.3) is 0 Å². The summed E-state index contributed by atoms with van der Waals surface area (Å²) in [7, 11) is 0. The highest BCUT2D eigenvalue weighted by atomic mass is 19.4. The Morgan fingerprint density at radius 2 is 1.58 bits per heavy atom. The van der Waals surface area contributed by atoms with Gasteiger partial charge >= 0.3 is 6.18 Å². The average molecular weight is 418 g/mol. The molecule has 6 heteroatoms. The van der Waals surface area contributed by atoms with Gasteiger partial charge in [-0.2, -0.15) is 18.4 Å². The number of para-hydroxylation sites is 1. The van der Waals surface area contributed by atoms with Crippen molar-refractivity contribution in [2.45, 2.75) is 18.6 Å². The second-order valence-electron chi connectivity index (χ2n) is 7.21. The van der Waals surface area contributed by atoms with Crippen LogP contribution in [0, 0.1) is 11.3 Å². The molecule has 0 saturated heterocycles. The molecule has 1 heterocycles. The first-order chi connectivity index (χ1) is 14.9. The van der Waals surface area contributed by atoms with E-state index < -0.39 is 17.8 Å². The van der Waals surface area contributed by atoms with Crippen molar-refractivity contribution in [1.29, 1.82) is 5.26 Å². The van der Waals surface area contributed by atoms with Crippen molar-refractivity contribution in [1.82, 2.24) is 4.57 Å². The molecular formula is C25H17F3N2O. The van der Waals surface area contributed by atoms with Gasteiger partial charge < -0.3 is 4.57 Å². The minimum atomic E-state index is -4.44. The van der Waals surface area contributed by atoms with Crippen LogP contribution < -0.4 is 0 Å². The summed E-state index contributed by atoms with van der Waals surface area (Å²) in [6.45, 7) is 0. The number of fused-ring (bicyclic) bond motifs is 1. The Kier molecular flexibility index (Phi) is 5.35. The van der Waals surface area contributed by atoms with Gasteiger partial charge in [-0.1, -0.05) is 60.7 Å². The molecule has 3 nitrogen and oxygen atoms in total. The number of rotatable bonds is 5. The summed E-state index contributed by atoms with van der Waals surface area (Å²) < 4.78 is 40.9. The third kappa shape index (κ3) is 4.08. The monoisotopic (exact) mass is 418 g/mol. The standard InChI is InChI=1S/C25H17F3N2O/c26-25(27,28)20-12-10-17(11-13-20)23(14-24(31)18-6-2-1-3-7-18)30-16-19(15-29)21-8-4-5-9-22(21)30/h1-13,16,23H,14H2. The molecule has 0 spiro atoms. The lowest BCUT2D eigenvalue weighted by molar-refractivity contribution is -0.137. The van der Waals surface area contributed by atoms with Gasteiger partial charge in [0.15, 0.2) is 5.78 Å². The van der Waals surface area contributed by atoms with Crippen molar-refractivity contribution >= 4 is 16.7 Å². The van der Waals surface area contributed by atoms with Gasteiger partial charge in [0.1, 0.15) is 6.07 Å². The molecular weight excluding hydrogens is 401 g/mol. The number of hydrogen-bond donors (Lipinski definition) is 0. The van der Waals surface area contributed by atoms with Crippen LogP contribution in [0.2, 0.25) is 0 Å². The zero-order valence-corrected chi connectivity index (χ0v) is 16.3. The van der Waals surface area contributed by atoms with E-state index in [9.17, 15) is 23.2 Å². The molecule has 1 unspecified atom stereocenters. The number of carbonyl (C=O) groups is 1. The van der Waals surface area contributed by atoms with Crippen LogP contribution in [0.25, 0.3) is 10.9 Å². The fraction of sp³-hybridized carbons (Fsp3) is 0.120. The average Bonchev–Trinajstić information content (AvgIpc) is 3.16. The predicted molar refractivity (Wildman–Crippen MR) is 112 cm³/mol. The predicted octanol–water partition coefficient (Wildman–Crippen LogP) is 6.39. The largest absolute Gasteiger partial charge is 0.416 e. The lowest BCUT2D eigenvalue weighted by Gasteiger charge is -2.21. The zero-order valence-electron chi connectivity index (χ0n) is 16.3. The molecule has 4 aromatic rings. The van der Waals surface area contributed by atoms with Gasteiger partial charge in [0.05, 0.1) is 17.2 Å². The minimum absolute atomic E-state index is 0.0406. The Bertz CT molecular complexity index is 1270. The van der Waals surface area contributed by atoms with Gasteiger partial charge in [0.2, 0.25) is 0 Å². The van der Waals surface area contributed by atoms with Crippen molar-refractivity contribution in [2.75, 3.05) is 0 Å². The molecule has 0 aliphatic heterocycles. The Labute approximate surface area is 177 Å². The van der Waals surface area contributed by atoms with E-state index in [2.05, 4.69) is 6.07 Å². The summed E-state index contributed by atoms with van der Waals surface area (Å²) in [6, 6.07) is 22.5. The van der Waals surface area contributed by atoms with Gasteiger partial charge in [-0.3, -0.25) is 4.79 Å². The minimum Gasteiger partial charge on any atom is -0.338 e. The summed E-state index contributed by atoms with van der Waals surface area (Å²) in [4.78, 5) is 13.0. The summed E-state index contributed by atoms with van der Waals surface area (Å²) in [6.07, 6.45) is -2.74. The van der Waals surface area contributed by atoms with Gasteiger partial charge in [-0.15, -0.1) is 0 Å². The van der Waals surface area contributed by atoms with Crippen LogP contribution in [0.5, 0.6) is 0 Å². The van der Waals surface area contributed by atoms with Crippen molar-refractivity contribution in [2.24, 2.45) is 0 Å². The number of nitriles is 1. The number of aromatic nitrogens is 1. The van der Waals surface area contributed by atoms with E-state index in [4.69, 9.17) is 0 Å². The first kappa shape index (κ1) is 20.4. The van der Waals surface area contributed by atoms with Crippen molar-refractivity contribution in [3.8, 4) is 6.07 Å². The molecule has 31 heavy (non-hydrogen) atoms. The smallest absolute Gasteiger partial charge is 0.338 e. The molecule has 154 valence electrons. The normalized spacial score (nSPS) is 12.5. The van der Waals surface area contributed by atoms with E-state index in [0.29, 0.717) is 16.7 Å². The maximum absolute atomic E-state index is 13.0. The molecule has 0 saturated carbocycles. The Morgan fingerprint density at radius 3 is 2.23 bits per heavy atom. The van der Waals surface area contributed by atoms with Crippen molar-refractivity contribution in [3.63, 3.8) is 0 Å². The maximum atomic E-state index is 13.0. The summed E-state index contributed by atoms with van der Waals surface area (Å²) in [5.74, 6) is -0.137. The zero-order chi connectivity index (χ0) is 22.0. The molecule has 0 aliphatic rings. The molecule has 0 amide bonds. The fourth-order valence-electron chi connectivity index (χ4n) is 3.74. The molecule has 1 atom stereocenters. The van der Waals surface area contributed by atoms with Crippen LogP contribution >= 0.6 is 0 Å². The lowest BCUT2D eigenvalue weighted by Crippen LogP contribution is -2.15. The first-order valence-electron chi connectivity index (χ1n) is 9.63. The third-order valence-corrected chi connectivity index (χ3v) is 5.29. The highest BCUT2D eigenvalue weighted by molar-refractivity contribution is 5.96. The Balaban J connectivity index is 1.82. The molecule has 0 N–H and O–H groups in total. The molecule has 4 rings (SSSR count). The molecule has 0 radical (unpaired) electrons. The van der Waals surface area contributed by atoms with E-state index in [1.165, 1.54) is 12.1 Å². The topological polar surface area (TPSA) is 45.8 Å². The van der Waals surface area contributed by atoms with Crippen molar-refractivity contribution in [3.05, 3.63) is 107 Å². The van der Waals surface area contributed by atoms with Crippen LogP contribution in [-0.4, -0.2) is 10.4 Å². The summed E-state index contributed by atoms with van der Waals surface area (Å²) in [5.41, 5.74) is 1.52. The summed E-state index contributed by atoms with van der Waals surface area (Å²) >= 11 is 0. The van der Waals surface area contributed by atoms with Crippen LogP contribution in [0.4, 0.5) is 13.2 Å². The number of Topliss-reactive ketones (excluding diaryl/α,β-unsaturated/α-hetero) is 1. The third-order valence-electron chi connectivity index (χ3n) is 5.29. The Hall–Kier alpha value is -3.85. The molecule has 3 aromatic carbocycles. The lowest BCUT2D eigenvalue weighted by atomic mass is 9.96. The first-order valence-corrected chi connectivity index (χ1v) is 9.63. The van der Waals surface area contributed by atoms with Crippen LogP contribution in [0.15, 0.2) is 85.1 Å². The molecule has 1 aromatic heterocycles. The van der Waals surface area contributed by atoms with Gasteiger partial charge in [-0.25, -0.2) is 0 Å². The quantitative estimate of drug-likeness (QED) is 0.352. The second kappa shape index (κ2) is 8.11. The van der Waals surface area contributed by atoms with Crippen molar-refractivity contribution < 1.29 is 18.0 Å². The van der Waals surface area contributed by atoms with E-state index in [0.717, 1.165) is 23.0 Å². The molecule has 0 aliphatic carbocycles. The maximum Gasteiger partial charge on any atom is 0.416 e. The SMILES string of the molecule is N#Cc1cn(C(CC(=O)c2ccccc2)c2ccc(C(F)(F)F)cc2)c2ccccc12. The number of hydrogen-bond acceptors (Lipinski definition) is 2. The van der Waals surface area contributed by atoms with E-state index in [1.807, 2.05) is 30.3 Å². The highest BCUT2D eigenvalue weighted by Crippen LogP contribution is 2.34. The number of nitrogens with zero attached hydrogens (tertiary/aromatic N) is 2. The molecule has 0 fully saturated rings. The number of halogens is 3. The van der Waals surface area contributed by atoms with E-state index in [-0.39, 0.29) is 12.2 Å². The number of benzene rings is 3. The van der Waals surface area contributed by atoms with Gasteiger partial charge in [0, 0.05) is 29.1 Å². The second-order valence-corrected chi connectivity index (χ2v) is 7.21. The van der Waals surface area contributed by atoms with Crippen LogP contribution in [-0.2, 0) is 6.18 Å². The van der Waals surface area contributed by atoms with Crippen LogP contribution in [0.1, 0.15) is 39.5 Å².